The third-order valence-corrected chi connectivity index (χ3v) is 4.34. The first-order valence-corrected chi connectivity index (χ1v) is 9.21. The molecule has 1 N–H and O–H groups in total. The van der Waals surface area contributed by atoms with E-state index in [0.29, 0.717) is 28.3 Å². The summed E-state index contributed by atoms with van der Waals surface area (Å²) in [6, 6.07) is 14.5. The molecule has 29 heavy (non-hydrogen) atoms. The summed E-state index contributed by atoms with van der Waals surface area (Å²) in [5, 5.41) is 3.81. The SMILES string of the molecule is COc1cc(Nc2nccc(Oc3ccc(Cl)cc3)n2)ccc1-n1cnc(C)c1. The van der Waals surface area contributed by atoms with Gasteiger partial charge in [0.2, 0.25) is 11.8 Å². The van der Waals surface area contributed by atoms with Crippen LogP contribution in [-0.2, 0) is 0 Å². The van der Waals surface area contributed by atoms with E-state index in [1.54, 1.807) is 50.0 Å². The summed E-state index contributed by atoms with van der Waals surface area (Å²) in [6.45, 7) is 1.94. The summed E-state index contributed by atoms with van der Waals surface area (Å²) in [5.41, 5.74) is 2.60. The number of hydrogen-bond acceptors (Lipinski definition) is 6. The van der Waals surface area contributed by atoms with E-state index in [4.69, 9.17) is 21.1 Å². The fourth-order valence-electron chi connectivity index (χ4n) is 2.73. The summed E-state index contributed by atoms with van der Waals surface area (Å²) < 4.78 is 13.2. The van der Waals surface area contributed by atoms with Crippen molar-refractivity contribution in [2.24, 2.45) is 0 Å². The third kappa shape index (κ3) is 4.47. The number of hydrogen-bond donors (Lipinski definition) is 1. The first-order chi connectivity index (χ1) is 14.1. The van der Waals surface area contributed by atoms with Crippen molar-refractivity contribution in [1.82, 2.24) is 19.5 Å². The molecule has 2 aromatic heterocycles. The van der Waals surface area contributed by atoms with Gasteiger partial charge in [-0.1, -0.05) is 11.6 Å². The molecule has 0 unspecified atom stereocenters. The van der Waals surface area contributed by atoms with E-state index in [1.807, 2.05) is 35.9 Å². The average molecular weight is 408 g/mol. The molecule has 8 heteroatoms. The number of nitrogens with one attached hydrogen (secondary N) is 1. The maximum atomic E-state index is 5.90. The molecule has 0 spiro atoms. The number of rotatable bonds is 6. The molecule has 2 heterocycles. The Morgan fingerprint density at radius 1 is 1.03 bits per heavy atom. The van der Waals surface area contributed by atoms with Crippen LogP contribution in [0, 0.1) is 6.92 Å². The van der Waals surface area contributed by atoms with Gasteiger partial charge < -0.3 is 19.4 Å². The van der Waals surface area contributed by atoms with Gasteiger partial charge in [0.25, 0.3) is 0 Å². The van der Waals surface area contributed by atoms with Crippen molar-refractivity contribution in [1.29, 1.82) is 0 Å². The van der Waals surface area contributed by atoms with E-state index in [0.717, 1.165) is 17.1 Å². The molecule has 0 bridgehead atoms. The molecule has 2 aromatic carbocycles. The van der Waals surface area contributed by atoms with E-state index >= 15 is 0 Å². The van der Waals surface area contributed by atoms with Gasteiger partial charge in [0.1, 0.15) is 11.5 Å². The van der Waals surface area contributed by atoms with Crippen LogP contribution in [-0.4, -0.2) is 26.6 Å². The molecule has 146 valence electrons. The molecular formula is C21H18ClN5O2. The topological polar surface area (TPSA) is 74.1 Å². The molecule has 0 fully saturated rings. The van der Waals surface area contributed by atoms with Crippen LogP contribution in [0.15, 0.2) is 67.3 Å². The normalized spacial score (nSPS) is 10.6. The number of imidazole rings is 1. The van der Waals surface area contributed by atoms with Crippen LogP contribution < -0.4 is 14.8 Å². The predicted molar refractivity (Wildman–Crippen MR) is 112 cm³/mol. The van der Waals surface area contributed by atoms with E-state index in [2.05, 4.69) is 20.3 Å². The molecule has 0 radical (unpaired) electrons. The van der Waals surface area contributed by atoms with Crippen molar-refractivity contribution in [2.75, 3.05) is 12.4 Å². The van der Waals surface area contributed by atoms with Crippen molar-refractivity contribution < 1.29 is 9.47 Å². The van der Waals surface area contributed by atoms with Crippen LogP contribution in [0.4, 0.5) is 11.6 Å². The fourth-order valence-corrected chi connectivity index (χ4v) is 2.86. The Balaban J connectivity index is 1.53. The number of benzene rings is 2. The Morgan fingerprint density at radius 3 is 2.59 bits per heavy atom. The van der Waals surface area contributed by atoms with Crippen molar-refractivity contribution in [2.45, 2.75) is 6.92 Å². The molecule has 0 aliphatic rings. The van der Waals surface area contributed by atoms with Gasteiger partial charge in [0.05, 0.1) is 24.8 Å². The lowest BCUT2D eigenvalue weighted by molar-refractivity contribution is 0.413. The van der Waals surface area contributed by atoms with Gasteiger partial charge in [0, 0.05) is 35.2 Å². The number of halogens is 1. The smallest absolute Gasteiger partial charge is 0.230 e. The molecule has 0 saturated carbocycles. The zero-order valence-corrected chi connectivity index (χ0v) is 16.6. The number of aryl methyl sites for hydroxylation is 1. The predicted octanol–water partition coefficient (Wildman–Crippen LogP) is 5.17. The highest BCUT2D eigenvalue weighted by atomic mass is 35.5. The largest absolute Gasteiger partial charge is 0.494 e. The number of methoxy groups -OCH3 is 1. The number of anilines is 2. The minimum Gasteiger partial charge on any atom is -0.494 e. The maximum absolute atomic E-state index is 5.90. The summed E-state index contributed by atoms with van der Waals surface area (Å²) in [7, 11) is 1.63. The second-order valence-corrected chi connectivity index (χ2v) is 6.64. The Kier molecular flexibility index (Phi) is 5.31. The minimum atomic E-state index is 0.407. The van der Waals surface area contributed by atoms with Crippen molar-refractivity contribution in [3.05, 3.63) is 78.0 Å². The van der Waals surface area contributed by atoms with Crippen LogP contribution in [0.2, 0.25) is 5.02 Å². The highest BCUT2D eigenvalue weighted by Crippen LogP contribution is 2.28. The molecule has 4 aromatic rings. The van der Waals surface area contributed by atoms with Gasteiger partial charge in [-0.3, -0.25) is 0 Å². The van der Waals surface area contributed by atoms with E-state index in [1.165, 1.54) is 0 Å². The molecule has 0 saturated heterocycles. The van der Waals surface area contributed by atoms with Gasteiger partial charge >= 0.3 is 0 Å². The highest BCUT2D eigenvalue weighted by Gasteiger charge is 2.09. The van der Waals surface area contributed by atoms with Gasteiger partial charge in [-0.25, -0.2) is 9.97 Å². The molecule has 7 nitrogen and oxygen atoms in total. The molecule has 0 aliphatic heterocycles. The average Bonchev–Trinajstić information content (AvgIpc) is 3.16. The molecule has 0 atom stereocenters. The van der Waals surface area contributed by atoms with Gasteiger partial charge in [-0.05, 0) is 43.3 Å². The van der Waals surface area contributed by atoms with Crippen LogP contribution in [0.25, 0.3) is 5.69 Å². The Morgan fingerprint density at radius 2 is 1.86 bits per heavy atom. The van der Waals surface area contributed by atoms with E-state index in [-0.39, 0.29) is 0 Å². The number of nitrogens with zero attached hydrogens (tertiary/aromatic N) is 4. The van der Waals surface area contributed by atoms with Gasteiger partial charge in [0.15, 0.2) is 0 Å². The monoisotopic (exact) mass is 407 g/mol. The summed E-state index contributed by atoms with van der Waals surface area (Å²) in [5.74, 6) is 2.16. The van der Waals surface area contributed by atoms with Crippen LogP contribution in [0.5, 0.6) is 17.4 Å². The number of aromatic nitrogens is 4. The molecular weight excluding hydrogens is 390 g/mol. The second-order valence-electron chi connectivity index (χ2n) is 6.21. The maximum Gasteiger partial charge on any atom is 0.230 e. The minimum absolute atomic E-state index is 0.407. The van der Waals surface area contributed by atoms with Gasteiger partial charge in [-0.15, -0.1) is 0 Å². The molecule has 4 rings (SSSR count). The standard InChI is InChI=1S/C21H18ClN5O2/c1-14-12-27(13-24-14)18-8-5-16(11-19(18)28-2)25-21-23-10-9-20(26-21)29-17-6-3-15(22)4-7-17/h3-13H,1-2H3,(H,23,25,26). The van der Waals surface area contributed by atoms with Gasteiger partial charge in [-0.2, -0.15) is 4.98 Å². The van der Waals surface area contributed by atoms with Crippen LogP contribution in [0.1, 0.15) is 5.69 Å². The first-order valence-electron chi connectivity index (χ1n) is 8.83. The zero-order chi connectivity index (χ0) is 20.2. The zero-order valence-electron chi connectivity index (χ0n) is 15.8. The van der Waals surface area contributed by atoms with Crippen molar-refractivity contribution in [3.63, 3.8) is 0 Å². The fraction of sp³-hybridized carbons (Fsp3) is 0.0952. The lowest BCUT2D eigenvalue weighted by Gasteiger charge is -2.12. The summed E-state index contributed by atoms with van der Waals surface area (Å²) >= 11 is 5.90. The Labute approximate surface area is 172 Å². The second kappa shape index (κ2) is 8.20. The third-order valence-electron chi connectivity index (χ3n) is 4.09. The number of ether oxygens (including phenoxy) is 2. The molecule has 0 amide bonds. The van der Waals surface area contributed by atoms with E-state index in [9.17, 15) is 0 Å². The molecule has 0 aliphatic carbocycles. The Bertz CT molecular complexity index is 1130. The van der Waals surface area contributed by atoms with Crippen molar-refractivity contribution in [3.8, 4) is 23.1 Å². The summed E-state index contributed by atoms with van der Waals surface area (Å²) in [6.07, 6.45) is 5.31. The lowest BCUT2D eigenvalue weighted by Crippen LogP contribution is -2.00. The first kappa shape index (κ1) is 18.8. The van der Waals surface area contributed by atoms with Crippen LogP contribution in [0.3, 0.4) is 0 Å². The summed E-state index contributed by atoms with van der Waals surface area (Å²) in [4.78, 5) is 12.9. The quantitative estimate of drug-likeness (QED) is 0.475. The van der Waals surface area contributed by atoms with Crippen LogP contribution >= 0.6 is 11.6 Å². The Hall–Kier alpha value is -3.58. The van der Waals surface area contributed by atoms with E-state index < -0.39 is 0 Å². The lowest BCUT2D eigenvalue weighted by atomic mass is 10.2. The van der Waals surface area contributed by atoms with Crippen molar-refractivity contribution >= 4 is 23.2 Å². The highest BCUT2D eigenvalue weighted by molar-refractivity contribution is 6.30.